The Kier molecular flexibility index (Phi) is 5.05. The molecule has 0 saturated heterocycles. The largest absolute Gasteiger partial charge is 0.343 e. The number of hydrogen-bond acceptors (Lipinski definition) is 6. The fourth-order valence-corrected chi connectivity index (χ4v) is 3.01. The van der Waals surface area contributed by atoms with Gasteiger partial charge in [-0.1, -0.05) is 18.1 Å². The van der Waals surface area contributed by atoms with E-state index in [4.69, 9.17) is 0 Å². The average molecular weight is 310 g/mol. The lowest BCUT2D eigenvalue weighted by molar-refractivity contribution is 0.409. The maximum Gasteiger partial charge on any atom is 0.240 e. The van der Waals surface area contributed by atoms with Crippen LogP contribution >= 0.6 is 0 Å². The topological polar surface area (TPSA) is 97.1 Å². The van der Waals surface area contributed by atoms with Crippen molar-refractivity contribution in [1.29, 1.82) is 0 Å². The van der Waals surface area contributed by atoms with Crippen LogP contribution in [0, 0.1) is 0 Å². The lowest BCUT2D eigenvalue weighted by atomic mass is 10.1. The van der Waals surface area contributed by atoms with Crippen molar-refractivity contribution >= 4 is 10.0 Å². The number of nitrogens with one attached hydrogen (secondary N) is 2. The summed E-state index contributed by atoms with van der Waals surface area (Å²) in [6, 6.07) is 5.14. The number of sulfonamides is 1. The molecule has 2 aromatic rings. The molecule has 1 aromatic heterocycles. The summed E-state index contributed by atoms with van der Waals surface area (Å²) in [5.74, 6) is 0.291. The Bertz CT molecular complexity index is 683. The molecule has 0 radical (unpaired) electrons. The first-order valence-electron chi connectivity index (χ1n) is 6.58. The highest BCUT2D eigenvalue weighted by Crippen LogP contribution is 2.17. The zero-order valence-electron chi connectivity index (χ0n) is 12.0. The molecule has 0 aliphatic rings. The molecule has 0 aliphatic carbocycles. The quantitative estimate of drug-likeness (QED) is 0.786. The molecule has 7 nitrogen and oxygen atoms in total. The molecule has 2 N–H and O–H groups in total. The van der Waals surface area contributed by atoms with Gasteiger partial charge in [-0.3, -0.25) is 0 Å². The van der Waals surface area contributed by atoms with Gasteiger partial charge in [0.15, 0.2) is 5.82 Å². The van der Waals surface area contributed by atoms with E-state index in [9.17, 15) is 8.42 Å². The molecule has 8 heteroatoms. The van der Waals surface area contributed by atoms with Gasteiger partial charge in [-0.25, -0.2) is 13.1 Å². The molecule has 0 spiro atoms. The van der Waals surface area contributed by atoms with Crippen LogP contribution < -0.4 is 10.0 Å². The summed E-state index contributed by atoms with van der Waals surface area (Å²) in [6.07, 6.45) is 2.01. The number of hydrogen-bond donors (Lipinski definition) is 2. The number of aryl methyl sites for hydroxylation is 1. The molecule has 0 amide bonds. The summed E-state index contributed by atoms with van der Waals surface area (Å²) >= 11 is 0. The second kappa shape index (κ2) is 6.79. The second-order valence-corrected chi connectivity index (χ2v) is 6.25. The van der Waals surface area contributed by atoms with E-state index in [1.807, 2.05) is 20.0 Å². The van der Waals surface area contributed by atoms with Crippen molar-refractivity contribution in [3.05, 3.63) is 41.5 Å². The Hall–Kier alpha value is -1.77. The van der Waals surface area contributed by atoms with Gasteiger partial charge in [-0.05, 0) is 36.7 Å². The predicted octanol–water partition coefficient (Wildman–Crippen LogP) is 0.830. The molecular weight excluding hydrogens is 292 g/mol. The van der Waals surface area contributed by atoms with Crippen molar-refractivity contribution in [2.75, 3.05) is 7.05 Å². The van der Waals surface area contributed by atoms with Crippen LogP contribution in [0.4, 0.5) is 0 Å². The van der Waals surface area contributed by atoms with Gasteiger partial charge in [-0.2, -0.15) is 4.98 Å². The first kappa shape index (κ1) is 15.6. The van der Waals surface area contributed by atoms with Gasteiger partial charge in [0.25, 0.3) is 0 Å². The van der Waals surface area contributed by atoms with Gasteiger partial charge in [-0.15, -0.1) is 0 Å². The van der Waals surface area contributed by atoms with Crippen LogP contribution in [-0.2, 0) is 29.5 Å². The van der Waals surface area contributed by atoms with Crippen LogP contribution in [0.1, 0.15) is 23.9 Å². The third-order valence-corrected chi connectivity index (χ3v) is 4.46. The minimum atomic E-state index is -3.60. The van der Waals surface area contributed by atoms with E-state index in [1.165, 1.54) is 0 Å². The van der Waals surface area contributed by atoms with Crippen LogP contribution in [0.25, 0.3) is 0 Å². The van der Waals surface area contributed by atoms with Crippen LogP contribution in [-0.4, -0.2) is 25.6 Å². The molecule has 21 heavy (non-hydrogen) atoms. The van der Waals surface area contributed by atoms with E-state index in [2.05, 4.69) is 24.7 Å². The maximum absolute atomic E-state index is 12.3. The van der Waals surface area contributed by atoms with E-state index in [0.29, 0.717) is 12.4 Å². The third-order valence-electron chi connectivity index (χ3n) is 3.06. The minimum absolute atomic E-state index is 0.00424. The molecule has 1 heterocycles. The Balaban J connectivity index is 2.20. The first-order chi connectivity index (χ1) is 10.1. The van der Waals surface area contributed by atoms with Gasteiger partial charge >= 0.3 is 0 Å². The van der Waals surface area contributed by atoms with E-state index in [1.54, 1.807) is 12.1 Å². The summed E-state index contributed by atoms with van der Waals surface area (Å²) in [4.78, 5) is 4.00. The molecule has 0 bridgehead atoms. The van der Waals surface area contributed by atoms with Crippen molar-refractivity contribution in [2.24, 2.45) is 0 Å². The van der Waals surface area contributed by atoms with Gasteiger partial charge in [0.05, 0.1) is 11.4 Å². The molecule has 0 unspecified atom stereocenters. The predicted molar refractivity (Wildman–Crippen MR) is 76.9 cm³/mol. The Morgan fingerprint density at radius 1 is 1.24 bits per heavy atom. The molecule has 0 saturated carbocycles. The molecule has 0 aliphatic heterocycles. The standard InChI is InChI=1S/C13H18N4O3S/c1-3-10-4-5-12(6-11(10)7-14-2)21(18,19)16-8-13-15-9-20-17-13/h4-6,9,14,16H,3,7-8H2,1-2H3. The molecule has 1 aromatic carbocycles. The van der Waals surface area contributed by atoms with Crippen molar-refractivity contribution in [3.8, 4) is 0 Å². The summed E-state index contributed by atoms with van der Waals surface area (Å²) in [6.45, 7) is 2.66. The number of aromatic nitrogens is 2. The van der Waals surface area contributed by atoms with Crippen molar-refractivity contribution in [3.63, 3.8) is 0 Å². The van der Waals surface area contributed by atoms with Crippen molar-refractivity contribution < 1.29 is 12.9 Å². The summed E-state index contributed by atoms with van der Waals surface area (Å²) in [5, 5.41) is 6.61. The highest BCUT2D eigenvalue weighted by atomic mass is 32.2. The van der Waals surface area contributed by atoms with Gasteiger partial charge < -0.3 is 9.84 Å². The van der Waals surface area contributed by atoms with E-state index in [0.717, 1.165) is 23.9 Å². The monoisotopic (exact) mass is 310 g/mol. The highest BCUT2D eigenvalue weighted by molar-refractivity contribution is 7.89. The number of benzene rings is 1. The minimum Gasteiger partial charge on any atom is -0.343 e. The lowest BCUT2D eigenvalue weighted by Gasteiger charge is -2.11. The van der Waals surface area contributed by atoms with Crippen LogP contribution in [0.2, 0.25) is 0 Å². The molecule has 0 fully saturated rings. The van der Waals surface area contributed by atoms with Gasteiger partial charge in [0, 0.05) is 6.54 Å². The van der Waals surface area contributed by atoms with E-state index >= 15 is 0 Å². The summed E-state index contributed by atoms with van der Waals surface area (Å²) < 4.78 is 31.5. The Morgan fingerprint density at radius 3 is 2.67 bits per heavy atom. The molecule has 114 valence electrons. The Labute approximate surface area is 123 Å². The maximum atomic E-state index is 12.3. The zero-order chi connectivity index (χ0) is 15.3. The smallest absolute Gasteiger partial charge is 0.240 e. The molecular formula is C13H18N4O3S. The normalized spacial score (nSPS) is 11.7. The van der Waals surface area contributed by atoms with Gasteiger partial charge in [0.2, 0.25) is 16.4 Å². The molecule has 2 rings (SSSR count). The van der Waals surface area contributed by atoms with Crippen LogP contribution in [0.15, 0.2) is 34.0 Å². The SMILES string of the molecule is CCc1ccc(S(=O)(=O)NCc2ncon2)cc1CNC. The summed E-state index contributed by atoms with van der Waals surface area (Å²) in [5.41, 5.74) is 2.10. The highest BCUT2D eigenvalue weighted by Gasteiger charge is 2.16. The third kappa shape index (κ3) is 3.87. The lowest BCUT2D eigenvalue weighted by Crippen LogP contribution is -2.24. The van der Waals surface area contributed by atoms with Crippen molar-refractivity contribution in [2.45, 2.75) is 31.3 Å². The van der Waals surface area contributed by atoms with E-state index in [-0.39, 0.29) is 11.4 Å². The van der Waals surface area contributed by atoms with Crippen LogP contribution in [0.3, 0.4) is 0 Å². The van der Waals surface area contributed by atoms with E-state index < -0.39 is 10.0 Å². The average Bonchev–Trinajstić information content (AvgIpc) is 2.99. The fraction of sp³-hybridized carbons (Fsp3) is 0.385. The second-order valence-electron chi connectivity index (χ2n) is 4.49. The molecule has 0 atom stereocenters. The number of rotatable bonds is 7. The van der Waals surface area contributed by atoms with Crippen molar-refractivity contribution in [1.82, 2.24) is 20.2 Å². The fourth-order valence-electron chi connectivity index (χ4n) is 1.98. The Morgan fingerprint density at radius 2 is 2.05 bits per heavy atom. The van der Waals surface area contributed by atoms with Crippen LogP contribution in [0.5, 0.6) is 0 Å². The van der Waals surface area contributed by atoms with Gasteiger partial charge in [0.1, 0.15) is 0 Å². The first-order valence-corrected chi connectivity index (χ1v) is 8.06. The number of nitrogens with zero attached hydrogens (tertiary/aromatic N) is 2. The summed E-state index contributed by atoms with van der Waals surface area (Å²) in [7, 11) is -1.77. The zero-order valence-corrected chi connectivity index (χ0v) is 12.8.